The minimum atomic E-state index is -3.75. The van der Waals surface area contributed by atoms with E-state index in [-0.39, 0.29) is 0 Å². The van der Waals surface area contributed by atoms with Crippen molar-refractivity contribution in [3.63, 3.8) is 0 Å². The molecule has 7 nitrogen and oxygen atoms in total. The molecule has 4 rings (SSSR count). The van der Waals surface area contributed by atoms with E-state index in [0.717, 1.165) is 44.2 Å². The summed E-state index contributed by atoms with van der Waals surface area (Å²) in [7, 11) is -3.75. The molecule has 0 unspecified atom stereocenters. The summed E-state index contributed by atoms with van der Waals surface area (Å²) >= 11 is 1.79. The molecule has 9 heteroatoms. The summed E-state index contributed by atoms with van der Waals surface area (Å²) in [5.41, 5.74) is 3.75. The summed E-state index contributed by atoms with van der Waals surface area (Å²) in [6, 6.07) is 17.6. The summed E-state index contributed by atoms with van der Waals surface area (Å²) < 4.78 is 31.3. The lowest BCUT2D eigenvalue weighted by Crippen LogP contribution is -2.45. The fraction of sp³-hybridized carbons (Fsp3) is 0.393. The van der Waals surface area contributed by atoms with Crippen LogP contribution in [0.4, 0.5) is 5.69 Å². The molecule has 0 spiro atoms. The van der Waals surface area contributed by atoms with Gasteiger partial charge in [0.05, 0.1) is 11.4 Å². The Kier molecular flexibility index (Phi) is 8.26. The Bertz CT molecular complexity index is 1320. The summed E-state index contributed by atoms with van der Waals surface area (Å²) in [4.78, 5) is 18.5. The van der Waals surface area contributed by atoms with Gasteiger partial charge in [0.2, 0.25) is 10.0 Å². The Morgan fingerprint density at radius 3 is 2.35 bits per heavy atom. The van der Waals surface area contributed by atoms with Gasteiger partial charge in [-0.25, -0.2) is 13.1 Å². The molecule has 1 saturated heterocycles. The molecule has 3 aromatic rings. The molecule has 1 aromatic heterocycles. The average Bonchev–Trinajstić information content (AvgIpc) is 3.33. The van der Waals surface area contributed by atoms with Gasteiger partial charge in [0.15, 0.2) is 0 Å². The van der Waals surface area contributed by atoms with Crippen LogP contribution in [0, 0.1) is 0 Å². The third-order valence-electron chi connectivity index (χ3n) is 6.41. The normalized spacial score (nSPS) is 15.0. The molecule has 1 aliphatic heterocycles. The van der Waals surface area contributed by atoms with Crippen LogP contribution in [-0.2, 0) is 16.6 Å². The van der Waals surface area contributed by atoms with Crippen molar-refractivity contribution in [2.75, 3.05) is 37.7 Å². The zero-order chi connectivity index (χ0) is 26.6. The van der Waals surface area contributed by atoms with E-state index in [0.29, 0.717) is 12.2 Å². The number of sulfonamides is 1. The van der Waals surface area contributed by atoms with E-state index >= 15 is 0 Å². The third-order valence-corrected chi connectivity index (χ3v) is 9.40. The number of carbonyl (C=O) groups excluding carboxylic acids is 1. The van der Waals surface area contributed by atoms with Crippen LogP contribution in [0.25, 0.3) is 11.1 Å². The van der Waals surface area contributed by atoms with Gasteiger partial charge in [-0.05, 0) is 86.7 Å². The topological polar surface area (TPSA) is 79.0 Å². The molecular weight excluding hydrogens is 506 g/mol. The second kappa shape index (κ2) is 11.2. The maximum atomic E-state index is 12.4. The Balaban J connectivity index is 1.30. The smallest absolute Gasteiger partial charge is 0.264 e. The summed E-state index contributed by atoms with van der Waals surface area (Å²) in [5, 5.41) is 2.21. The van der Waals surface area contributed by atoms with Crippen molar-refractivity contribution in [2.45, 2.75) is 39.0 Å². The molecule has 0 bridgehead atoms. The Morgan fingerprint density at radius 2 is 1.70 bits per heavy atom. The number of hydrogen-bond acceptors (Lipinski definition) is 7. The maximum Gasteiger partial charge on any atom is 0.264 e. The zero-order valence-electron chi connectivity index (χ0n) is 21.9. The number of rotatable bonds is 8. The van der Waals surface area contributed by atoms with Gasteiger partial charge in [0.25, 0.3) is 5.91 Å². The highest BCUT2D eigenvalue weighted by Crippen LogP contribution is 2.29. The lowest BCUT2D eigenvalue weighted by Gasteiger charge is -2.36. The number of nitrogens with one attached hydrogen (secondary N) is 1. The Hall–Kier alpha value is -2.88. The third kappa shape index (κ3) is 6.71. The van der Waals surface area contributed by atoms with E-state index < -0.39 is 20.7 Å². The molecule has 1 amide bonds. The van der Waals surface area contributed by atoms with Crippen molar-refractivity contribution in [1.82, 2.24) is 9.62 Å². The molecule has 37 heavy (non-hydrogen) atoms. The number of anilines is 1. The van der Waals surface area contributed by atoms with Gasteiger partial charge in [-0.15, -0.1) is 11.3 Å². The van der Waals surface area contributed by atoms with Gasteiger partial charge in [-0.2, -0.15) is 0 Å². The number of hydrogen-bond donors (Lipinski definition) is 1. The van der Waals surface area contributed by atoms with Crippen LogP contribution in [0.15, 0.2) is 60.0 Å². The van der Waals surface area contributed by atoms with Crippen molar-refractivity contribution in [3.8, 4) is 16.9 Å². The molecule has 1 fully saturated rings. The summed E-state index contributed by atoms with van der Waals surface area (Å²) in [6.07, 6.45) is 0. The van der Waals surface area contributed by atoms with Gasteiger partial charge < -0.3 is 9.64 Å². The first-order valence-electron chi connectivity index (χ1n) is 12.5. The van der Waals surface area contributed by atoms with E-state index in [4.69, 9.17) is 4.74 Å². The first kappa shape index (κ1) is 27.2. The Morgan fingerprint density at radius 1 is 1.00 bits per heavy atom. The second-order valence-electron chi connectivity index (χ2n) is 10.1. The minimum absolute atomic E-state index is 0.329. The lowest BCUT2D eigenvalue weighted by molar-refractivity contribution is 0.0980. The number of thiophene rings is 1. The van der Waals surface area contributed by atoms with Crippen LogP contribution in [0.5, 0.6) is 5.75 Å². The van der Waals surface area contributed by atoms with Crippen LogP contribution in [0.1, 0.15) is 42.9 Å². The molecule has 1 N–H and O–H groups in total. The molecule has 1 aliphatic rings. The molecular formula is C28H35N3O4S2. The fourth-order valence-corrected chi connectivity index (χ4v) is 5.69. The van der Waals surface area contributed by atoms with Crippen LogP contribution < -0.4 is 14.4 Å². The van der Waals surface area contributed by atoms with Crippen molar-refractivity contribution in [1.29, 1.82) is 0 Å². The fourth-order valence-electron chi connectivity index (χ4n) is 4.09. The molecule has 0 atom stereocenters. The minimum Gasteiger partial charge on any atom is -0.494 e. The quantitative estimate of drug-likeness (QED) is 0.433. The van der Waals surface area contributed by atoms with Gasteiger partial charge in [-0.3, -0.25) is 9.69 Å². The van der Waals surface area contributed by atoms with Gasteiger partial charge in [-0.1, -0.05) is 12.1 Å². The van der Waals surface area contributed by atoms with Gasteiger partial charge in [0, 0.05) is 48.9 Å². The highest BCUT2D eigenvalue weighted by molar-refractivity contribution is 7.91. The van der Waals surface area contributed by atoms with Crippen LogP contribution >= 0.6 is 11.3 Å². The number of nitrogens with zero attached hydrogens (tertiary/aromatic N) is 2. The average molecular weight is 542 g/mol. The Labute approximate surface area is 224 Å². The molecule has 0 aliphatic carbocycles. The van der Waals surface area contributed by atoms with Crippen LogP contribution in [0.2, 0.25) is 0 Å². The molecule has 0 radical (unpaired) electrons. The first-order valence-corrected chi connectivity index (χ1v) is 14.9. The highest BCUT2D eigenvalue weighted by Gasteiger charge is 2.31. The molecule has 2 aromatic carbocycles. The highest BCUT2D eigenvalue weighted by atomic mass is 32.2. The number of amides is 1. The SMILES string of the molecule is CCOc1cccc(-c2csc(CN3CCN(c4ccc(C(=O)NS(=O)(=O)C(C)(C)C)cc4)CC3)c2)c1. The summed E-state index contributed by atoms with van der Waals surface area (Å²) in [5.74, 6) is 0.290. The van der Waals surface area contributed by atoms with Gasteiger partial charge >= 0.3 is 0 Å². The second-order valence-corrected chi connectivity index (χ2v) is 13.6. The van der Waals surface area contributed by atoms with Crippen molar-refractivity contribution in [3.05, 3.63) is 70.4 Å². The molecule has 2 heterocycles. The van der Waals surface area contributed by atoms with Crippen LogP contribution in [0.3, 0.4) is 0 Å². The van der Waals surface area contributed by atoms with E-state index in [2.05, 4.69) is 38.1 Å². The predicted octanol–water partition coefficient (Wildman–Crippen LogP) is 4.99. The van der Waals surface area contributed by atoms with E-state index in [1.54, 1.807) is 44.2 Å². The first-order chi connectivity index (χ1) is 17.6. The zero-order valence-corrected chi connectivity index (χ0v) is 23.5. The van der Waals surface area contributed by atoms with E-state index in [9.17, 15) is 13.2 Å². The molecule has 198 valence electrons. The number of carbonyl (C=O) groups is 1. The standard InChI is InChI=1S/C28H35N3O4S2/c1-5-35-25-8-6-7-22(17-25)23-18-26(36-20-23)19-30-13-15-31(16-14-30)24-11-9-21(10-12-24)27(32)29-37(33,34)28(2,3)4/h6-12,17-18,20H,5,13-16,19H2,1-4H3,(H,29,32). The number of piperazine rings is 1. The summed E-state index contributed by atoms with van der Waals surface area (Å²) in [6.45, 7) is 11.9. The van der Waals surface area contributed by atoms with E-state index in [1.165, 1.54) is 16.0 Å². The molecule has 0 saturated carbocycles. The maximum absolute atomic E-state index is 12.4. The van der Waals surface area contributed by atoms with Crippen molar-refractivity contribution < 1.29 is 17.9 Å². The van der Waals surface area contributed by atoms with Crippen molar-refractivity contribution in [2.24, 2.45) is 0 Å². The number of benzene rings is 2. The largest absolute Gasteiger partial charge is 0.494 e. The van der Waals surface area contributed by atoms with Crippen molar-refractivity contribution >= 4 is 33.0 Å². The van der Waals surface area contributed by atoms with E-state index in [1.807, 2.05) is 31.2 Å². The van der Waals surface area contributed by atoms with Crippen LogP contribution in [-0.4, -0.2) is 56.8 Å². The predicted molar refractivity (Wildman–Crippen MR) is 151 cm³/mol. The van der Waals surface area contributed by atoms with Gasteiger partial charge in [0.1, 0.15) is 5.75 Å². The number of ether oxygens (including phenoxy) is 1. The monoisotopic (exact) mass is 541 g/mol. The lowest BCUT2D eigenvalue weighted by atomic mass is 10.1.